The molecule has 0 spiro atoms. The van der Waals surface area contributed by atoms with E-state index in [1.807, 2.05) is 11.3 Å². The number of furan rings is 1. The van der Waals surface area contributed by atoms with Crippen LogP contribution < -0.4 is 0 Å². The van der Waals surface area contributed by atoms with Gasteiger partial charge in [-0.3, -0.25) is 0 Å². The van der Waals surface area contributed by atoms with Gasteiger partial charge in [0.2, 0.25) is 0 Å². The zero-order chi connectivity index (χ0) is 34.2. The summed E-state index contributed by atoms with van der Waals surface area (Å²) in [5, 5.41) is 9.48. The van der Waals surface area contributed by atoms with Gasteiger partial charge in [-0.2, -0.15) is 0 Å². The van der Waals surface area contributed by atoms with Crippen molar-refractivity contribution in [3.05, 3.63) is 176 Å². The Kier molecular flexibility index (Phi) is 6.46. The van der Waals surface area contributed by atoms with Gasteiger partial charge < -0.3 is 4.42 Å². The molecule has 0 N–H and O–H groups in total. The molecule has 0 unspecified atom stereocenters. The van der Waals surface area contributed by atoms with E-state index in [4.69, 9.17) is 9.40 Å². The van der Waals surface area contributed by atoms with Crippen molar-refractivity contribution in [2.75, 3.05) is 0 Å². The summed E-state index contributed by atoms with van der Waals surface area (Å²) in [5.74, 6) is 0. The highest BCUT2D eigenvalue weighted by molar-refractivity contribution is 7.26. The van der Waals surface area contributed by atoms with E-state index in [0.29, 0.717) is 0 Å². The highest BCUT2D eigenvalue weighted by Gasteiger charge is 2.18. The fourth-order valence-electron chi connectivity index (χ4n) is 7.96. The predicted molar refractivity (Wildman–Crippen MR) is 221 cm³/mol. The van der Waals surface area contributed by atoms with Crippen LogP contribution in [0.15, 0.2) is 180 Å². The number of fused-ring (bicyclic) bond motifs is 9. The molecule has 0 amide bonds. The maximum atomic E-state index is 6.49. The van der Waals surface area contributed by atoms with Gasteiger partial charge in [0.1, 0.15) is 11.2 Å². The quantitative estimate of drug-likeness (QED) is 0.185. The van der Waals surface area contributed by atoms with Gasteiger partial charge in [0.25, 0.3) is 0 Å². The zero-order valence-electron chi connectivity index (χ0n) is 28.0. The van der Waals surface area contributed by atoms with Crippen LogP contribution in [-0.4, -0.2) is 4.98 Å². The van der Waals surface area contributed by atoms with Crippen molar-refractivity contribution < 1.29 is 4.42 Å². The van der Waals surface area contributed by atoms with Gasteiger partial charge in [0.15, 0.2) is 0 Å². The van der Waals surface area contributed by atoms with E-state index in [1.54, 1.807) is 0 Å². The molecule has 3 heteroatoms. The molecule has 0 aliphatic heterocycles. The lowest BCUT2D eigenvalue weighted by atomic mass is 9.96. The van der Waals surface area contributed by atoms with Crippen LogP contribution in [0.5, 0.6) is 0 Å². The van der Waals surface area contributed by atoms with Crippen molar-refractivity contribution in [1.82, 2.24) is 4.98 Å². The first-order valence-electron chi connectivity index (χ1n) is 17.6. The maximum absolute atomic E-state index is 6.49. The van der Waals surface area contributed by atoms with Crippen molar-refractivity contribution in [2.45, 2.75) is 0 Å². The first-order valence-corrected chi connectivity index (χ1v) is 18.4. The summed E-state index contributed by atoms with van der Waals surface area (Å²) in [7, 11) is 0. The molecule has 0 aliphatic carbocycles. The Morgan fingerprint density at radius 3 is 1.67 bits per heavy atom. The van der Waals surface area contributed by atoms with Gasteiger partial charge in [-0.1, -0.05) is 146 Å². The molecule has 0 aliphatic rings. The average Bonchev–Trinajstić information content (AvgIpc) is 3.78. The van der Waals surface area contributed by atoms with Crippen molar-refractivity contribution in [3.8, 4) is 44.8 Å². The van der Waals surface area contributed by atoms with E-state index in [-0.39, 0.29) is 0 Å². The smallest absolute Gasteiger partial charge is 0.136 e. The fourth-order valence-corrected chi connectivity index (χ4v) is 9.33. The molecule has 11 aromatic rings. The topological polar surface area (TPSA) is 26.0 Å². The molecule has 0 radical (unpaired) electrons. The summed E-state index contributed by atoms with van der Waals surface area (Å²) in [6.45, 7) is 0. The molecular weight excluding hydrogens is 651 g/mol. The summed E-state index contributed by atoms with van der Waals surface area (Å²) in [4.78, 5) is 5.35. The van der Waals surface area contributed by atoms with E-state index in [2.05, 4.69) is 176 Å². The molecule has 0 fully saturated rings. The highest BCUT2D eigenvalue weighted by Crippen LogP contribution is 2.45. The van der Waals surface area contributed by atoms with Gasteiger partial charge >= 0.3 is 0 Å². The van der Waals surface area contributed by atoms with Gasteiger partial charge in [0, 0.05) is 47.5 Å². The Hall–Kier alpha value is -6.55. The molecule has 0 saturated heterocycles. The van der Waals surface area contributed by atoms with E-state index in [9.17, 15) is 0 Å². The van der Waals surface area contributed by atoms with Crippen molar-refractivity contribution in [3.63, 3.8) is 0 Å². The van der Waals surface area contributed by atoms with Gasteiger partial charge in [-0.25, -0.2) is 4.98 Å². The number of thiophene rings is 1. The van der Waals surface area contributed by atoms with Gasteiger partial charge in [-0.15, -0.1) is 11.3 Å². The SMILES string of the molecule is c1ccc(-c2nc(-c3ccc(-c4cccc5c4sc4c(-c6ccccc6)cccc45)cc3)cc3c2ccc2oc4cc5ccccc5cc4c23)cc1. The Balaban J connectivity index is 1.09. The third-order valence-corrected chi connectivity index (χ3v) is 11.7. The van der Waals surface area contributed by atoms with Crippen LogP contribution in [0.4, 0.5) is 0 Å². The van der Waals surface area contributed by atoms with Crippen LogP contribution in [-0.2, 0) is 0 Å². The summed E-state index contributed by atoms with van der Waals surface area (Å²) in [6, 6.07) is 63.0. The largest absolute Gasteiger partial charge is 0.456 e. The van der Waals surface area contributed by atoms with Gasteiger partial charge in [-0.05, 0) is 68.7 Å². The molecular formula is C49H29NOS. The van der Waals surface area contributed by atoms with Crippen molar-refractivity contribution in [2.24, 2.45) is 0 Å². The first kappa shape index (κ1) is 29.2. The van der Waals surface area contributed by atoms with Crippen LogP contribution in [0.3, 0.4) is 0 Å². The van der Waals surface area contributed by atoms with Crippen LogP contribution in [0, 0.1) is 0 Å². The molecule has 3 aromatic heterocycles. The van der Waals surface area contributed by atoms with E-state index < -0.39 is 0 Å². The minimum atomic E-state index is 0.885. The normalized spacial score (nSPS) is 11.8. The maximum Gasteiger partial charge on any atom is 0.136 e. The van der Waals surface area contributed by atoms with E-state index in [0.717, 1.165) is 55.2 Å². The number of aromatic nitrogens is 1. The van der Waals surface area contributed by atoms with Crippen LogP contribution in [0.25, 0.3) is 108 Å². The molecule has 2 nitrogen and oxygen atoms in total. The number of nitrogens with zero attached hydrogens (tertiary/aromatic N) is 1. The highest BCUT2D eigenvalue weighted by atomic mass is 32.1. The van der Waals surface area contributed by atoms with Crippen LogP contribution >= 0.6 is 11.3 Å². The Labute approximate surface area is 303 Å². The van der Waals surface area contributed by atoms with Crippen LogP contribution in [0.1, 0.15) is 0 Å². The summed E-state index contributed by atoms with van der Waals surface area (Å²) in [6.07, 6.45) is 0. The lowest BCUT2D eigenvalue weighted by Crippen LogP contribution is -1.92. The fraction of sp³-hybridized carbons (Fsp3) is 0. The lowest BCUT2D eigenvalue weighted by Gasteiger charge is -2.12. The predicted octanol–water partition coefficient (Wildman–Crippen LogP) is 14.3. The first-order chi connectivity index (χ1) is 25.8. The molecule has 242 valence electrons. The molecule has 52 heavy (non-hydrogen) atoms. The van der Waals surface area contributed by atoms with Crippen molar-refractivity contribution in [1.29, 1.82) is 0 Å². The second-order valence-electron chi connectivity index (χ2n) is 13.5. The third kappa shape index (κ3) is 4.53. The van der Waals surface area contributed by atoms with Crippen molar-refractivity contribution >= 4 is 75.0 Å². The van der Waals surface area contributed by atoms with E-state index >= 15 is 0 Å². The van der Waals surface area contributed by atoms with Crippen LogP contribution in [0.2, 0.25) is 0 Å². The number of benzene rings is 8. The minimum absolute atomic E-state index is 0.885. The number of hydrogen-bond donors (Lipinski definition) is 0. The molecule has 0 bridgehead atoms. The molecule has 8 aromatic carbocycles. The summed E-state index contributed by atoms with van der Waals surface area (Å²) < 4.78 is 9.13. The second-order valence-corrected chi connectivity index (χ2v) is 14.5. The minimum Gasteiger partial charge on any atom is -0.456 e. The zero-order valence-corrected chi connectivity index (χ0v) is 28.8. The van der Waals surface area contributed by atoms with E-state index in [1.165, 1.54) is 53.2 Å². The number of rotatable bonds is 4. The van der Waals surface area contributed by atoms with Gasteiger partial charge in [0.05, 0.1) is 11.4 Å². The monoisotopic (exact) mass is 679 g/mol. The molecule has 11 rings (SSSR count). The number of pyridine rings is 1. The molecule has 0 saturated carbocycles. The lowest BCUT2D eigenvalue weighted by molar-refractivity contribution is 0.670. The summed E-state index contributed by atoms with van der Waals surface area (Å²) in [5.41, 5.74) is 10.8. The molecule has 3 heterocycles. The Bertz CT molecular complexity index is 3160. The summed E-state index contributed by atoms with van der Waals surface area (Å²) >= 11 is 1.89. The second kappa shape index (κ2) is 11.5. The standard InChI is InChI=1S/C49H29NOS/c1-3-11-30(12-4-1)36-17-9-19-39-40-20-10-18-37(49(40)52-48(36)39)31-21-23-32(24-22-31)43-29-41-38(47(50-43)33-13-5-2-6-14-33)25-26-44-46(41)42-27-34-15-7-8-16-35(34)28-45(42)51-44/h1-29H. The molecule has 0 atom stereocenters. The average molecular weight is 680 g/mol. The Morgan fingerprint density at radius 2 is 0.981 bits per heavy atom. The Morgan fingerprint density at radius 1 is 0.385 bits per heavy atom. The third-order valence-electron chi connectivity index (χ3n) is 10.5. The number of hydrogen-bond acceptors (Lipinski definition) is 3.